The topological polar surface area (TPSA) is 42.0 Å². The highest BCUT2D eigenvalue weighted by Crippen LogP contribution is 2.14. The van der Waals surface area contributed by atoms with Gasteiger partial charge in [-0.15, -0.1) is 11.8 Å². The second kappa shape index (κ2) is 6.53. The molecular weight excluding hydrogens is 228 g/mol. The van der Waals surface area contributed by atoms with E-state index >= 15 is 0 Å². The molecule has 5 heteroatoms. The minimum Gasteiger partial charge on any atom is -0.348 e. The molecule has 1 rings (SSSR count). The molecule has 1 amide bonds. The van der Waals surface area contributed by atoms with Gasteiger partial charge in [-0.1, -0.05) is 18.3 Å². The highest BCUT2D eigenvalue weighted by atomic mass is 32.2. The zero-order valence-electron chi connectivity index (χ0n) is 8.27. The van der Waals surface area contributed by atoms with Crippen LogP contribution < -0.4 is 5.32 Å². The van der Waals surface area contributed by atoms with Gasteiger partial charge < -0.3 is 5.32 Å². The average Bonchev–Trinajstić information content (AvgIpc) is 2.25. The van der Waals surface area contributed by atoms with Crippen molar-refractivity contribution in [3.05, 3.63) is 24.4 Å². The van der Waals surface area contributed by atoms with Crippen molar-refractivity contribution in [2.24, 2.45) is 0 Å². The van der Waals surface area contributed by atoms with Crippen molar-refractivity contribution in [3.8, 4) is 0 Å². The van der Waals surface area contributed by atoms with Gasteiger partial charge in [-0.3, -0.25) is 4.79 Å². The summed E-state index contributed by atoms with van der Waals surface area (Å²) in [6, 6.07) is 5.49. The fourth-order valence-corrected chi connectivity index (χ4v) is 2.01. The number of thioether (sulfide) groups is 1. The van der Waals surface area contributed by atoms with Gasteiger partial charge in [-0.2, -0.15) is 0 Å². The standard InChI is InChI=1S/C10H11N2OS2/c1-8(13)12-9(6-14)7-15-10-4-2-3-5-11-10/h2-5,9H,7H2,1H3,(H,12,13). The Morgan fingerprint density at radius 3 is 3.07 bits per heavy atom. The predicted octanol–water partition coefficient (Wildman–Crippen LogP) is 1.56. The van der Waals surface area contributed by atoms with Crippen LogP contribution in [-0.4, -0.2) is 28.1 Å². The number of nitrogens with zero attached hydrogens (tertiary/aromatic N) is 1. The van der Waals surface area contributed by atoms with Crippen LogP contribution in [0.25, 0.3) is 0 Å². The van der Waals surface area contributed by atoms with Crippen molar-refractivity contribution in [1.82, 2.24) is 10.3 Å². The van der Waals surface area contributed by atoms with Crippen LogP contribution in [0.3, 0.4) is 0 Å². The molecule has 3 nitrogen and oxygen atoms in total. The molecule has 0 aromatic carbocycles. The third-order valence-corrected chi connectivity index (χ3v) is 2.88. The molecule has 0 aliphatic carbocycles. The van der Waals surface area contributed by atoms with Gasteiger partial charge >= 0.3 is 0 Å². The zero-order chi connectivity index (χ0) is 11.1. The number of nitrogens with one attached hydrogen (secondary N) is 1. The van der Waals surface area contributed by atoms with Gasteiger partial charge in [0.2, 0.25) is 5.91 Å². The van der Waals surface area contributed by atoms with E-state index in [1.165, 1.54) is 6.92 Å². The summed E-state index contributed by atoms with van der Waals surface area (Å²) in [7, 11) is 0. The van der Waals surface area contributed by atoms with E-state index in [4.69, 9.17) is 12.2 Å². The predicted molar refractivity (Wildman–Crippen MR) is 65.2 cm³/mol. The van der Waals surface area contributed by atoms with E-state index in [-0.39, 0.29) is 11.9 Å². The van der Waals surface area contributed by atoms with Crippen LogP contribution in [0.15, 0.2) is 29.4 Å². The largest absolute Gasteiger partial charge is 0.348 e. The van der Waals surface area contributed by atoms with Gasteiger partial charge in [0.15, 0.2) is 0 Å². The average molecular weight is 239 g/mol. The molecule has 1 heterocycles. The van der Waals surface area contributed by atoms with E-state index in [1.54, 1.807) is 18.0 Å². The van der Waals surface area contributed by atoms with Crippen LogP contribution in [0.1, 0.15) is 6.92 Å². The second-order valence-electron chi connectivity index (χ2n) is 2.85. The van der Waals surface area contributed by atoms with Crippen LogP contribution in [0.4, 0.5) is 0 Å². The van der Waals surface area contributed by atoms with Crippen molar-refractivity contribution in [3.63, 3.8) is 0 Å². The quantitative estimate of drug-likeness (QED) is 0.625. The van der Waals surface area contributed by atoms with Crippen molar-refractivity contribution in [2.75, 3.05) is 5.75 Å². The molecule has 1 atom stereocenters. The number of pyridine rings is 1. The Bertz CT molecular complexity index is 329. The second-order valence-corrected chi connectivity index (χ2v) is 4.13. The molecule has 1 aromatic heterocycles. The number of hydrogen-bond donors (Lipinski definition) is 1. The lowest BCUT2D eigenvalue weighted by Crippen LogP contribution is -2.35. The molecule has 0 spiro atoms. The molecule has 1 radical (unpaired) electrons. The first-order chi connectivity index (χ1) is 7.22. The lowest BCUT2D eigenvalue weighted by molar-refractivity contribution is -0.119. The van der Waals surface area contributed by atoms with E-state index < -0.39 is 0 Å². The first kappa shape index (κ1) is 12.1. The lowest BCUT2D eigenvalue weighted by Gasteiger charge is -2.10. The molecule has 15 heavy (non-hydrogen) atoms. The molecule has 0 aliphatic rings. The summed E-state index contributed by atoms with van der Waals surface area (Å²) in [4.78, 5) is 15.0. The smallest absolute Gasteiger partial charge is 0.217 e. The van der Waals surface area contributed by atoms with Crippen LogP contribution >= 0.6 is 24.0 Å². The number of carbonyl (C=O) groups is 1. The molecule has 1 N–H and O–H groups in total. The fourth-order valence-electron chi connectivity index (χ4n) is 0.952. The molecule has 1 aromatic rings. The van der Waals surface area contributed by atoms with Gasteiger partial charge in [0.05, 0.1) is 16.4 Å². The van der Waals surface area contributed by atoms with Crippen molar-refractivity contribution in [1.29, 1.82) is 0 Å². The summed E-state index contributed by atoms with van der Waals surface area (Å²) in [5, 5.41) is 6.22. The monoisotopic (exact) mass is 239 g/mol. The molecular formula is C10H11N2OS2. The summed E-state index contributed by atoms with van der Waals surface area (Å²) in [6.45, 7) is 1.46. The van der Waals surface area contributed by atoms with Gasteiger partial charge in [-0.25, -0.2) is 4.98 Å². The number of thiocarbonyl (C=S) groups is 1. The lowest BCUT2D eigenvalue weighted by atomic mass is 10.4. The Labute approximate surface area is 98.7 Å². The van der Waals surface area contributed by atoms with Crippen molar-refractivity contribution >= 4 is 35.3 Å². The third-order valence-electron chi connectivity index (χ3n) is 1.56. The third kappa shape index (κ3) is 4.90. The Hall–Kier alpha value is -0.940. The van der Waals surface area contributed by atoms with E-state index in [1.807, 2.05) is 18.2 Å². The Morgan fingerprint density at radius 2 is 2.53 bits per heavy atom. The van der Waals surface area contributed by atoms with E-state index in [2.05, 4.69) is 15.7 Å². The summed E-state index contributed by atoms with van der Waals surface area (Å²) in [5.74, 6) is 0.555. The first-order valence-electron chi connectivity index (χ1n) is 4.41. The van der Waals surface area contributed by atoms with Gasteiger partial charge in [0.25, 0.3) is 0 Å². The molecule has 0 aliphatic heterocycles. The fraction of sp³-hybridized carbons (Fsp3) is 0.300. The van der Waals surface area contributed by atoms with Crippen LogP contribution in [0.5, 0.6) is 0 Å². The molecule has 0 saturated heterocycles. The summed E-state index contributed by atoms with van der Waals surface area (Å²) < 4.78 is 0. The van der Waals surface area contributed by atoms with Gasteiger partial charge in [0.1, 0.15) is 0 Å². The highest BCUT2D eigenvalue weighted by Gasteiger charge is 2.07. The summed E-state index contributed by atoms with van der Waals surface area (Å²) >= 11 is 6.25. The van der Waals surface area contributed by atoms with Crippen LogP contribution in [-0.2, 0) is 4.79 Å². The zero-order valence-corrected chi connectivity index (χ0v) is 9.90. The number of amides is 1. The van der Waals surface area contributed by atoms with Gasteiger partial charge in [0, 0.05) is 18.9 Å². The molecule has 0 bridgehead atoms. The van der Waals surface area contributed by atoms with Crippen molar-refractivity contribution in [2.45, 2.75) is 18.0 Å². The molecule has 1 unspecified atom stereocenters. The van der Waals surface area contributed by atoms with E-state index in [0.29, 0.717) is 5.75 Å². The normalized spacial score (nSPS) is 11.8. The number of aromatic nitrogens is 1. The Balaban J connectivity index is 2.41. The van der Waals surface area contributed by atoms with Crippen LogP contribution in [0, 0.1) is 0 Å². The highest BCUT2D eigenvalue weighted by molar-refractivity contribution is 7.99. The van der Waals surface area contributed by atoms with Gasteiger partial charge in [-0.05, 0) is 12.1 Å². The Kier molecular flexibility index (Phi) is 5.28. The number of carbonyl (C=O) groups excluding carboxylic acids is 1. The van der Waals surface area contributed by atoms with Crippen molar-refractivity contribution < 1.29 is 4.79 Å². The first-order valence-corrected chi connectivity index (χ1v) is 5.80. The van der Waals surface area contributed by atoms with E-state index in [0.717, 1.165) is 5.03 Å². The minimum absolute atomic E-state index is 0.0982. The summed E-state index contributed by atoms with van der Waals surface area (Å²) in [5.41, 5.74) is 0. The number of hydrogen-bond acceptors (Lipinski definition) is 4. The molecule has 0 saturated carbocycles. The maximum Gasteiger partial charge on any atom is 0.217 e. The molecule has 79 valence electrons. The van der Waals surface area contributed by atoms with Crippen LogP contribution in [0.2, 0.25) is 0 Å². The maximum absolute atomic E-state index is 10.8. The number of rotatable bonds is 5. The molecule has 0 fully saturated rings. The van der Waals surface area contributed by atoms with E-state index in [9.17, 15) is 4.79 Å². The summed E-state index contributed by atoms with van der Waals surface area (Å²) in [6.07, 6.45) is 1.73. The SMILES string of the molecule is CC(=O)NC([C]=S)CSc1ccccn1. The maximum atomic E-state index is 10.8. The Morgan fingerprint density at radius 1 is 1.73 bits per heavy atom. The minimum atomic E-state index is -0.204.